The van der Waals surface area contributed by atoms with Crippen molar-refractivity contribution in [3.05, 3.63) is 200 Å². The molecule has 0 spiro atoms. The Morgan fingerprint density at radius 2 is 1.15 bits per heavy atom. The first kappa shape index (κ1) is 35.2. The van der Waals surface area contributed by atoms with Crippen molar-refractivity contribution in [3.8, 4) is 17.3 Å². The number of aryl methyl sites for hydroxylation is 1. The molecule has 9 aromatic carbocycles. The van der Waals surface area contributed by atoms with Crippen LogP contribution >= 0.6 is 0 Å². The van der Waals surface area contributed by atoms with Crippen LogP contribution in [0, 0.1) is 25.7 Å². The summed E-state index contributed by atoms with van der Waals surface area (Å²) in [5.74, 6) is 2.06. The summed E-state index contributed by atoms with van der Waals surface area (Å²) in [5.41, 5.74) is 8.28. The van der Waals surface area contributed by atoms with E-state index in [1.54, 1.807) is 0 Å². The second-order valence-corrected chi connectivity index (χ2v) is 14.9. The Balaban J connectivity index is 0.00000397. The molecule has 0 radical (unpaired) electrons. The number of rotatable bonds is 5. The molecule has 1 aliphatic heterocycles. The van der Waals surface area contributed by atoms with Crippen LogP contribution in [0.15, 0.2) is 176 Å². The van der Waals surface area contributed by atoms with E-state index in [4.69, 9.17) is 9.72 Å². The predicted octanol–water partition coefficient (Wildman–Crippen LogP) is 13.9. The molecular weight excluding hydrogens is 904 g/mol. The van der Waals surface area contributed by atoms with Crippen LogP contribution in [0.5, 0.6) is 11.5 Å². The van der Waals surface area contributed by atoms with Crippen LogP contribution in [-0.2, 0) is 21.1 Å². The number of hydrogen-bond acceptors (Lipinski definition) is 4. The summed E-state index contributed by atoms with van der Waals surface area (Å²) < 4.78 is 8.91. The fourth-order valence-electron chi connectivity index (χ4n) is 8.81. The Kier molecular flexibility index (Phi) is 8.28. The zero-order valence-corrected chi connectivity index (χ0v) is 34.1. The molecule has 0 fully saturated rings. The van der Waals surface area contributed by atoms with Gasteiger partial charge in [0.2, 0.25) is 0 Å². The third-order valence-corrected chi connectivity index (χ3v) is 11.5. The van der Waals surface area contributed by atoms with E-state index in [2.05, 4.69) is 198 Å². The number of pyridine rings is 1. The summed E-state index contributed by atoms with van der Waals surface area (Å²) in [6, 6.07) is 69.0. The minimum absolute atomic E-state index is 0. The number of para-hydroxylation sites is 3. The number of aromatic nitrogens is 2. The molecule has 284 valence electrons. The van der Waals surface area contributed by atoms with Gasteiger partial charge in [-0.1, -0.05) is 114 Å². The molecule has 0 unspecified atom stereocenters. The third kappa shape index (κ3) is 5.61. The molecule has 3 heterocycles. The van der Waals surface area contributed by atoms with Crippen LogP contribution < -0.4 is 14.5 Å². The Hall–Kier alpha value is -6.94. The summed E-state index contributed by atoms with van der Waals surface area (Å²) in [6.45, 7) is 4.23. The second kappa shape index (κ2) is 13.9. The summed E-state index contributed by atoms with van der Waals surface area (Å²) in [6.07, 6.45) is 0. The van der Waals surface area contributed by atoms with E-state index in [0.29, 0.717) is 11.5 Å². The topological polar surface area (TPSA) is 33.5 Å². The van der Waals surface area contributed by atoms with Crippen molar-refractivity contribution >= 4 is 87.8 Å². The Bertz CT molecular complexity index is 3450. The van der Waals surface area contributed by atoms with Crippen molar-refractivity contribution in [2.45, 2.75) is 6.92 Å². The van der Waals surface area contributed by atoms with E-state index in [9.17, 15) is 0 Å². The molecule has 0 saturated carbocycles. The average Bonchev–Trinajstić information content (AvgIpc) is 3.82. The largest absolute Gasteiger partial charge is 0.509 e. The maximum atomic E-state index is 6.65. The Labute approximate surface area is 355 Å². The Morgan fingerprint density at radius 1 is 0.508 bits per heavy atom. The van der Waals surface area contributed by atoms with Crippen molar-refractivity contribution in [2.75, 3.05) is 9.80 Å². The molecule has 5 nitrogen and oxygen atoms in total. The van der Waals surface area contributed by atoms with Crippen molar-refractivity contribution in [2.24, 2.45) is 0 Å². The first-order valence-corrected chi connectivity index (χ1v) is 19.5. The predicted molar refractivity (Wildman–Crippen MR) is 239 cm³/mol. The summed E-state index contributed by atoms with van der Waals surface area (Å²) >= 11 is 0. The minimum atomic E-state index is 0. The summed E-state index contributed by atoms with van der Waals surface area (Å²) in [5, 5.41) is 10.4. The van der Waals surface area contributed by atoms with Crippen LogP contribution in [0.2, 0.25) is 0 Å². The summed E-state index contributed by atoms with van der Waals surface area (Å²) in [4.78, 5) is 9.88. The first-order chi connectivity index (χ1) is 28.7. The first-order valence-electron chi connectivity index (χ1n) is 19.5. The standard InChI is InChI=1S/C53H33N4O.Pt/c1-34-21-25-37(26-22-34)55-33-56(49-20-9-8-19-48(49)55)38-13-10-14-39(31-38)58-40-27-29-44-43-17-6-7-18-47(43)57(50(44)32-40)53-45-28-23-35-11-2-4-15-41(35)51(45)52-42-16-5-3-12-36(42)24-30-46(52)54-53;/h2-30,33H,1H3;/q-3;. The van der Waals surface area contributed by atoms with Crippen LogP contribution in [-0.4, -0.2) is 9.55 Å². The molecule has 0 aliphatic carbocycles. The van der Waals surface area contributed by atoms with Gasteiger partial charge in [0.05, 0.1) is 5.52 Å². The van der Waals surface area contributed by atoms with E-state index < -0.39 is 0 Å². The fourth-order valence-corrected chi connectivity index (χ4v) is 8.81. The summed E-state index contributed by atoms with van der Waals surface area (Å²) in [7, 11) is 0. The van der Waals surface area contributed by atoms with Crippen LogP contribution in [0.1, 0.15) is 5.56 Å². The minimum Gasteiger partial charge on any atom is -0.509 e. The Morgan fingerprint density at radius 3 is 1.95 bits per heavy atom. The van der Waals surface area contributed by atoms with Gasteiger partial charge in [0.15, 0.2) is 0 Å². The van der Waals surface area contributed by atoms with E-state index >= 15 is 0 Å². The zero-order chi connectivity index (χ0) is 38.3. The molecule has 6 heteroatoms. The van der Waals surface area contributed by atoms with Gasteiger partial charge in [-0.15, -0.1) is 48.1 Å². The third-order valence-electron chi connectivity index (χ3n) is 11.5. The van der Waals surface area contributed by atoms with E-state index in [1.807, 2.05) is 18.2 Å². The van der Waals surface area contributed by atoms with Crippen molar-refractivity contribution in [1.82, 2.24) is 9.55 Å². The number of hydrogen-bond donors (Lipinski definition) is 0. The normalized spacial score (nSPS) is 12.6. The van der Waals surface area contributed by atoms with Gasteiger partial charge >= 0.3 is 0 Å². The van der Waals surface area contributed by atoms with Gasteiger partial charge < -0.3 is 19.1 Å². The van der Waals surface area contributed by atoms with E-state index in [0.717, 1.165) is 66.7 Å². The van der Waals surface area contributed by atoms with Gasteiger partial charge in [-0.05, 0) is 76.3 Å². The molecule has 0 amide bonds. The molecule has 0 saturated heterocycles. The smallest absolute Gasteiger partial charge is 0.144 e. The van der Waals surface area contributed by atoms with Crippen LogP contribution in [0.3, 0.4) is 0 Å². The van der Waals surface area contributed by atoms with Gasteiger partial charge in [0.1, 0.15) is 5.82 Å². The van der Waals surface area contributed by atoms with Gasteiger partial charge in [-0.2, -0.15) is 12.1 Å². The van der Waals surface area contributed by atoms with Gasteiger partial charge in [-0.3, -0.25) is 0 Å². The zero-order valence-electron chi connectivity index (χ0n) is 31.8. The molecule has 0 atom stereocenters. The molecular formula is C53H33N4OPt-3. The van der Waals surface area contributed by atoms with E-state index in [-0.39, 0.29) is 21.1 Å². The van der Waals surface area contributed by atoms with Crippen LogP contribution in [0.25, 0.3) is 70.8 Å². The molecule has 2 aromatic heterocycles. The number of benzene rings is 9. The fraction of sp³-hybridized carbons (Fsp3) is 0.0189. The molecule has 11 aromatic rings. The molecule has 12 rings (SSSR count). The maximum Gasteiger partial charge on any atom is 0.144 e. The van der Waals surface area contributed by atoms with Crippen molar-refractivity contribution in [3.63, 3.8) is 0 Å². The number of ether oxygens (including phenoxy) is 1. The molecule has 59 heavy (non-hydrogen) atoms. The molecule has 1 aliphatic rings. The number of fused-ring (bicyclic) bond motifs is 11. The van der Waals surface area contributed by atoms with Crippen LogP contribution in [0.4, 0.5) is 22.7 Å². The van der Waals surface area contributed by atoms with Gasteiger partial charge in [0, 0.05) is 71.3 Å². The number of anilines is 4. The van der Waals surface area contributed by atoms with Gasteiger partial charge in [-0.25, -0.2) is 4.98 Å². The van der Waals surface area contributed by atoms with Crippen molar-refractivity contribution < 1.29 is 25.8 Å². The van der Waals surface area contributed by atoms with Crippen molar-refractivity contribution in [1.29, 1.82) is 0 Å². The maximum absolute atomic E-state index is 6.65. The molecule has 0 N–H and O–H groups in total. The number of nitrogens with zero attached hydrogens (tertiary/aromatic N) is 4. The van der Waals surface area contributed by atoms with E-state index in [1.165, 1.54) is 32.5 Å². The quantitative estimate of drug-likeness (QED) is 0.127. The SMILES string of the molecule is Cc1ccc(N2[CH-]N(c3[c-]c(Oc4[c-]c5c(cc4)c4ccccc4n5-c4nc5ccc6ccccc6c5c5c4ccc4ccccc45)ccc3)c3ccccc32)cc1.[Pt]. The van der Waals surface area contributed by atoms with Gasteiger partial charge in [0.25, 0.3) is 0 Å². The monoisotopic (exact) mass is 936 g/mol. The second-order valence-electron chi connectivity index (χ2n) is 14.9. The molecule has 0 bridgehead atoms. The average molecular weight is 937 g/mol.